The first-order chi connectivity index (χ1) is 16.9. The Kier molecular flexibility index (Phi) is 6.74. The summed E-state index contributed by atoms with van der Waals surface area (Å²) in [7, 11) is -4.06. The molecule has 0 fully saturated rings. The largest absolute Gasteiger partial charge is 0.486 e. The van der Waals surface area contributed by atoms with E-state index in [-0.39, 0.29) is 40.7 Å². The van der Waals surface area contributed by atoms with Crippen molar-refractivity contribution in [1.29, 1.82) is 0 Å². The van der Waals surface area contributed by atoms with Crippen molar-refractivity contribution in [3.05, 3.63) is 71.9 Å². The van der Waals surface area contributed by atoms with Gasteiger partial charge >= 0.3 is 5.97 Å². The topological polar surface area (TPSA) is 96.8 Å². The van der Waals surface area contributed by atoms with Crippen LogP contribution in [0.2, 0.25) is 0 Å². The number of pyridine rings is 1. The first-order valence-electron chi connectivity index (χ1n) is 11.3. The van der Waals surface area contributed by atoms with E-state index in [0.717, 1.165) is 5.56 Å². The molecule has 0 aliphatic carbocycles. The maximum absolute atomic E-state index is 13.8. The van der Waals surface area contributed by atoms with Crippen molar-refractivity contribution in [2.75, 3.05) is 10.8 Å². The van der Waals surface area contributed by atoms with E-state index in [1.165, 1.54) is 22.5 Å². The van der Waals surface area contributed by atoms with Crippen LogP contribution in [-0.4, -0.2) is 37.1 Å². The van der Waals surface area contributed by atoms with Gasteiger partial charge in [-0.25, -0.2) is 22.2 Å². The fourth-order valence-electron chi connectivity index (χ4n) is 4.10. The average Bonchev–Trinajstić information content (AvgIpc) is 2.83. The molecule has 2 heterocycles. The van der Waals surface area contributed by atoms with Crippen molar-refractivity contribution in [3.8, 4) is 17.0 Å². The van der Waals surface area contributed by atoms with E-state index >= 15 is 0 Å². The van der Waals surface area contributed by atoms with Crippen molar-refractivity contribution in [1.82, 2.24) is 4.98 Å². The molecule has 1 aliphatic heterocycles. The van der Waals surface area contributed by atoms with E-state index in [1.54, 1.807) is 63.2 Å². The number of carboxylic acids is 1. The van der Waals surface area contributed by atoms with Crippen LogP contribution in [0.15, 0.2) is 65.6 Å². The summed E-state index contributed by atoms with van der Waals surface area (Å²) < 4.78 is 61.2. The summed E-state index contributed by atoms with van der Waals surface area (Å²) >= 11 is 0. The van der Waals surface area contributed by atoms with Crippen LogP contribution in [0.25, 0.3) is 11.3 Å². The summed E-state index contributed by atoms with van der Waals surface area (Å²) in [5.41, 5.74) is 0.144. The third-order valence-corrected chi connectivity index (χ3v) is 7.85. The Morgan fingerprint density at radius 1 is 1.17 bits per heavy atom. The van der Waals surface area contributed by atoms with Crippen molar-refractivity contribution >= 4 is 21.7 Å². The summed E-state index contributed by atoms with van der Waals surface area (Å²) in [6, 6.07) is 15.4. The van der Waals surface area contributed by atoms with Gasteiger partial charge in [-0.05, 0) is 68.8 Å². The molecule has 1 aromatic heterocycles. The zero-order valence-electron chi connectivity index (χ0n) is 20.0. The Morgan fingerprint density at radius 2 is 1.89 bits per heavy atom. The summed E-state index contributed by atoms with van der Waals surface area (Å²) in [4.78, 5) is 15.8. The molecular weight excluding hydrogens is 490 g/mol. The number of aromatic nitrogens is 1. The molecule has 0 amide bonds. The van der Waals surface area contributed by atoms with Crippen LogP contribution in [0.4, 0.5) is 14.5 Å². The summed E-state index contributed by atoms with van der Waals surface area (Å²) in [5.74, 6) is -0.775. The van der Waals surface area contributed by atoms with Crippen LogP contribution in [0.1, 0.15) is 38.0 Å². The van der Waals surface area contributed by atoms with Crippen LogP contribution in [-0.2, 0) is 14.8 Å². The summed E-state index contributed by atoms with van der Waals surface area (Å²) in [6.45, 7) is 4.77. The molecule has 7 nitrogen and oxygen atoms in total. The van der Waals surface area contributed by atoms with Gasteiger partial charge in [0.05, 0.1) is 28.2 Å². The number of rotatable bonds is 7. The first kappa shape index (κ1) is 25.6. The van der Waals surface area contributed by atoms with Crippen LogP contribution < -0.4 is 9.04 Å². The summed E-state index contributed by atoms with van der Waals surface area (Å²) in [6.07, 6.45) is -3.40. The molecular formula is C26H26F2N2O5S. The van der Waals surface area contributed by atoms with E-state index in [9.17, 15) is 27.1 Å². The zero-order chi connectivity index (χ0) is 26.3. The molecule has 0 radical (unpaired) electrons. The first-order valence-corrected chi connectivity index (χ1v) is 12.7. The van der Waals surface area contributed by atoms with Crippen molar-refractivity contribution in [2.24, 2.45) is 5.41 Å². The lowest BCUT2D eigenvalue weighted by atomic mass is 9.86. The molecule has 4 rings (SSSR count). The van der Waals surface area contributed by atoms with Crippen LogP contribution in [0, 0.1) is 12.3 Å². The molecule has 1 N–H and O–H groups in total. The monoisotopic (exact) mass is 516 g/mol. The number of benzene rings is 2. The maximum atomic E-state index is 13.8. The van der Waals surface area contributed by atoms with Gasteiger partial charge in [0.2, 0.25) is 0 Å². The number of hydrogen-bond donors (Lipinski definition) is 1. The number of fused-ring (bicyclic) bond motifs is 1. The Balaban J connectivity index is 1.82. The van der Waals surface area contributed by atoms with Crippen molar-refractivity contribution in [2.45, 2.75) is 44.6 Å². The summed E-state index contributed by atoms with van der Waals surface area (Å²) in [5, 5.41) is 9.58. The molecule has 0 saturated heterocycles. The number of carboxylic acid groups (broad SMARTS) is 1. The van der Waals surface area contributed by atoms with Crippen molar-refractivity contribution < 1.29 is 31.8 Å². The maximum Gasteiger partial charge on any atom is 0.309 e. The van der Waals surface area contributed by atoms with Gasteiger partial charge in [0.15, 0.2) is 0 Å². The molecule has 2 aromatic carbocycles. The molecule has 36 heavy (non-hydrogen) atoms. The van der Waals surface area contributed by atoms with Gasteiger partial charge in [0, 0.05) is 12.0 Å². The Morgan fingerprint density at radius 3 is 2.56 bits per heavy atom. The zero-order valence-corrected chi connectivity index (χ0v) is 20.8. The van der Waals surface area contributed by atoms with Crippen LogP contribution >= 0.6 is 0 Å². The predicted molar refractivity (Wildman–Crippen MR) is 131 cm³/mol. The highest BCUT2D eigenvalue weighted by atomic mass is 32.2. The third-order valence-electron chi connectivity index (χ3n) is 6.08. The molecule has 3 aromatic rings. The second kappa shape index (κ2) is 9.50. The molecule has 1 aliphatic rings. The fraction of sp³-hybridized carbons (Fsp3) is 0.308. The van der Waals surface area contributed by atoms with E-state index in [4.69, 9.17) is 4.74 Å². The number of alkyl halides is 2. The number of nitrogens with zero attached hydrogens (tertiary/aromatic N) is 2. The normalized spacial score (nSPS) is 15.9. The third kappa shape index (κ3) is 5.04. The second-order valence-corrected chi connectivity index (χ2v) is 11.3. The van der Waals surface area contributed by atoms with Gasteiger partial charge in [-0.1, -0.05) is 18.2 Å². The molecule has 190 valence electrons. The molecule has 10 heteroatoms. The molecule has 0 saturated carbocycles. The molecule has 1 atom stereocenters. The van der Waals surface area contributed by atoms with E-state index in [1.807, 2.05) is 0 Å². The highest BCUT2D eigenvalue weighted by Gasteiger charge is 2.39. The Bertz CT molecular complexity index is 1410. The number of ether oxygens (including phenoxy) is 1. The molecule has 0 bridgehead atoms. The average molecular weight is 517 g/mol. The van der Waals surface area contributed by atoms with Gasteiger partial charge < -0.3 is 9.84 Å². The number of sulfonamides is 1. The van der Waals surface area contributed by atoms with E-state index in [0.29, 0.717) is 5.56 Å². The minimum atomic E-state index is -4.06. The molecule has 0 unspecified atom stereocenters. The number of carbonyl (C=O) groups is 1. The standard InChI is InChI=1S/C26H26F2N2O5S/c1-16-6-4-7-19(12-16)36(33,34)30-15-18(14-26(2,3)25(31)32)35-23-11-10-17(13-22(23)30)20-8-5-9-21(29-20)24(27)28/h4-13,18,24H,14-15H2,1-3H3,(H,31,32)/t18-/m0/s1. The minimum absolute atomic E-state index is 0.0708. The minimum Gasteiger partial charge on any atom is -0.486 e. The number of aliphatic carboxylic acids is 1. The highest BCUT2D eigenvalue weighted by molar-refractivity contribution is 7.92. The van der Waals surface area contributed by atoms with Gasteiger partial charge in [-0.15, -0.1) is 0 Å². The lowest BCUT2D eigenvalue weighted by molar-refractivity contribution is -0.148. The van der Waals surface area contributed by atoms with E-state index in [2.05, 4.69) is 4.98 Å². The number of halogens is 2. The highest BCUT2D eigenvalue weighted by Crippen LogP contribution is 2.41. The van der Waals surface area contributed by atoms with Gasteiger partial charge in [-0.3, -0.25) is 9.10 Å². The van der Waals surface area contributed by atoms with Crippen molar-refractivity contribution in [3.63, 3.8) is 0 Å². The Labute approximate surface area is 208 Å². The quantitative estimate of drug-likeness (QED) is 0.449. The lowest BCUT2D eigenvalue weighted by Crippen LogP contribution is -2.46. The van der Waals surface area contributed by atoms with Crippen LogP contribution in [0.5, 0.6) is 5.75 Å². The number of aryl methyl sites for hydroxylation is 1. The van der Waals surface area contributed by atoms with Gasteiger partial charge in [-0.2, -0.15) is 0 Å². The van der Waals surface area contributed by atoms with E-state index < -0.39 is 33.9 Å². The van der Waals surface area contributed by atoms with Gasteiger partial charge in [0.1, 0.15) is 17.5 Å². The van der Waals surface area contributed by atoms with Crippen LogP contribution in [0.3, 0.4) is 0 Å². The second-order valence-electron chi connectivity index (χ2n) is 9.42. The lowest BCUT2D eigenvalue weighted by Gasteiger charge is -2.37. The molecule has 0 spiro atoms. The SMILES string of the molecule is Cc1cccc(S(=O)(=O)N2C[C@H](CC(C)(C)C(=O)O)Oc3ccc(-c4cccc(C(F)F)n4)cc32)c1. The smallest absolute Gasteiger partial charge is 0.309 e. The Hall–Kier alpha value is -3.53. The number of hydrogen-bond acceptors (Lipinski definition) is 5. The van der Waals surface area contributed by atoms with Gasteiger partial charge in [0.25, 0.3) is 16.4 Å². The fourth-order valence-corrected chi connectivity index (χ4v) is 5.70. The predicted octanol–water partition coefficient (Wildman–Crippen LogP) is 5.45. The number of anilines is 1.